The molecule has 0 saturated carbocycles. The van der Waals surface area contributed by atoms with Gasteiger partial charge in [0.05, 0.1) is 5.69 Å². The quantitative estimate of drug-likeness (QED) is 0.785. The summed E-state index contributed by atoms with van der Waals surface area (Å²) in [5.74, 6) is 0.612. The minimum Gasteiger partial charge on any atom is -0.317 e. The number of fused-ring (bicyclic) bond motifs is 1. The van der Waals surface area contributed by atoms with Crippen LogP contribution in [0, 0.1) is 6.92 Å². The number of hydrogen-bond acceptors (Lipinski definition) is 3. The van der Waals surface area contributed by atoms with Gasteiger partial charge in [-0.1, -0.05) is 0 Å². The number of aryl methyl sites for hydroxylation is 1. The molecule has 4 nitrogen and oxygen atoms in total. The Labute approximate surface area is 94.7 Å². The van der Waals surface area contributed by atoms with Crippen molar-refractivity contribution in [2.75, 3.05) is 13.1 Å². The zero-order chi connectivity index (χ0) is 11.0. The van der Waals surface area contributed by atoms with Crippen molar-refractivity contribution in [3.05, 3.63) is 29.7 Å². The molecule has 84 valence electrons. The van der Waals surface area contributed by atoms with Crippen molar-refractivity contribution >= 4 is 5.65 Å². The SMILES string of the molecule is Cc1cc2nc(C3CCNCC3)ccn2n1. The molecule has 1 N–H and O–H groups in total. The largest absolute Gasteiger partial charge is 0.317 e. The molecular weight excluding hydrogens is 200 g/mol. The molecule has 3 rings (SSSR count). The first kappa shape index (κ1) is 9.78. The van der Waals surface area contributed by atoms with Crippen molar-refractivity contribution in [2.45, 2.75) is 25.7 Å². The van der Waals surface area contributed by atoms with E-state index >= 15 is 0 Å². The third kappa shape index (κ3) is 1.69. The molecule has 1 aliphatic rings. The maximum Gasteiger partial charge on any atom is 0.155 e. The summed E-state index contributed by atoms with van der Waals surface area (Å²) >= 11 is 0. The molecule has 2 aromatic heterocycles. The maximum atomic E-state index is 4.69. The fraction of sp³-hybridized carbons (Fsp3) is 0.500. The van der Waals surface area contributed by atoms with E-state index in [1.807, 2.05) is 23.7 Å². The van der Waals surface area contributed by atoms with Crippen LogP contribution in [0.2, 0.25) is 0 Å². The molecule has 1 aliphatic heterocycles. The molecule has 3 heterocycles. The molecule has 1 saturated heterocycles. The van der Waals surface area contributed by atoms with Gasteiger partial charge >= 0.3 is 0 Å². The van der Waals surface area contributed by atoms with Crippen LogP contribution >= 0.6 is 0 Å². The lowest BCUT2D eigenvalue weighted by Gasteiger charge is -2.21. The van der Waals surface area contributed by atoms with E-state index in [1.165, 1.54) is 18.5 Å². The molecule has 0 spiro atoms. The summed E-state index contributed by atoms with van der Waals surface area (Å²) in [6.45, 7) is 4.21. The Balaban J connectivity index is 1.97. The summed E-state index contributed by atoms with van der Waals surface area (Å²) in [7, 11) is 0. The van der Waals surface area contributed by atoms with Crippen LogP contribution in [0.4, 0.5) is 0 Å². The first-order valence-corrected chi connectivity index (χ1v) is 5.86. The van der Waals surface area contributed by atoms with Gasteiger partial charge < -0.3 is 5.32 Å². The van der Waals surface area contributed by atoms with Crippen molar-refractivity contribution < 1.29 is 0 Å². The minimum absolute atomic E-state index is 0.612. The second kappa shape index (κ2) is 3.87. The molecule has 2 aromatic rings. The Bertz CT molecular complexity index is 497. The van der Waals surface area contributed by atoms with Gasteiger partial charge in [-0.15, -0.1) is 0 Å². The van der Waals surface area contributed by atoms with Crippen LogP contribution < -0.4 is 5.32 Å². The average Bonchev–Trinajstić information content (AvgIpc) is 2.69. The maximum absolute atomic E-state index is 4.69. The van der Waals surface area contributed by atoms with E-state index in [4.69, 9.17) is 4.98 Å². The van der Waals surface area contributed by atoms with Crippen molar-refractivity contribution in [1.29, 1.82) is 0 Å². The average molecular weight is 216 g/mol. The number of rotatable bonds is 1. The number of aromatic nitrogens is 3. The summed E-state index contributed by atoms with van der Waals surface area (Å²) in [5, 5.41) is 7.72. The van der Waals surface area contributed by atoms with Gasteiger partial charge in [0.1, 0.15) is 0 Å². The second-order valence-electron chi connectivity index (χ2n) is 4.47. The molecule has 0 aliphatic carbocycles. The molecule has 0 aromatic carbocycles. The standard InChI is InChI=1S/C12H16N4/c1-9-8-12-14-11(4-7-16(12)15-9)10-2-5-13-6-3-10/h4,7-8,10,13H,2-3,5-6H2,1H3. The third-order valence-corrected chi connectivity index (χ3v) is 3.23. The molecular formula is C12H16N4. The lowest BCUT2D eigenvalue weighted by atomic mass is 9.94. The van der Waals surface area contributed by atoms with Crippen LogP contribution in [0.5, 0.6) is 0 Å². The fourth-order valence-electron chi connectivity index (χ4n) is 2.36. The van der Waals surface area contributed by atoms with Gasteiger partial charge in [-0.2, -0.15) is 5.10 Å². The van der Waals surface area contributed by atoms with Crippen LogP contribution in [-0.4, -0.2) is 27.7 Å². The Hall–Kier alpha value is -1.42. The van der Waals surface area contributed by atoms with Crippen LogP contribution in [0.3, 0.4) is 0 Å². The normalized spacial score (nSPS) is 18.1. The number of piperidine rings is 1. The van der Waals surface area contributed by atoms with Crippen molar-refractivity contribution in [1.82, 2.24) is 19.9 Å². The smallest absolute Gasteiger partial charge is 0.155 e. The molecule has 0 amide bonds. The molecule has 0 unspecified atom stereocenters. The highest BCUT2D eigenvalue weighted by molar-refractivity contribution is 5.39. The highest BCUT2D eigenvalue weighted by Gasteiger charge is 2.16. The number of hydrogen-bond donors (Lipinski definition) is 1. The predicted octanol–water partition coefficient (Wildman–Crippen LogP) is 1.50. The summed E-state index contributed by atoms with van der Waals surface area (Å²) < 4.78 is 1.85. The summed E-state index contributed by atoms with van der Waals surface area (Å²) in [5.41, 5.74) is 3.21. The fourth-order valence-corrected chi connectivity index (χ4v) is 2.36. The Morgan fingerprint density at radius 2 is 2.19 bits per heavy atom. The van der Waals surface area contributed by atoms with Crippen molar-refractivity contribution in [2.24, 2.45) is 0 Å². The topological polar surface area (TPSA) is 42.2 Å². The van der Waals surface area contributed by atoms with Crippen LogP contribution in [0.25, 0.3) is 5.65 Å². The lowest BCUT2D eigenvalue weighted by molar-refractivity contribution is 0.453. The van der Waals surface area contributed by atoms with E-state index in [9.17, 15) is 0 Å². The third-order valence-electron chi connectivity index (χ3n) is 3.23. The zero-order valence-corrected chi connectivity index (χ0v) is 9.48. The Kier molecular flexibility index (Phi) is 2.36. The number of nitrogens with one attached hydrogen (secondary N) is 1. The molecule has 4 heteroatoms. The highest BCUT2D eigenvalue weighted by Crippen LogP contribution is 2.23. The van der Waals surface area contributed by atoms with Crippen LogP contribution in [0.1, 0.15) is 30.1 Å². The summed E-state index contributed by atoms with van der Waals surface area (Å²) in [4.78, 5) is 4.69. The molecule has 16 heavy (non-hydrogen) atoms. The molecule has 0 atom stereocenters. The van der Waals surface area contributed by atoms with E-state index in [0.717, 1.165) is 24.4 Å². The number of nitrogens with zero attached hydrogens (tertiary/aromatic N) is 3. The van der Waals surface area contributed by atoms with E-state index in [2.05, 4.69) is 16.5 Å². The first-order valence-electron chi connectivity index (χ1n) is 5.86. The van der Waals surface area contributed by atoms with E-state index < -0.39 is 0 Å². The van der Waals surface area contributed by atoms with Crippen LogP contribution in [-0.2, 0) is 0 Å². The Morgan fingerprint density at radius 1 is 1.38 bits per heavy atom. The van der Waals surface area contributed by atoms with Gasteiger partial charge in [-0.05, 0) is 38.9 Å². The summed E-state index contributed by atoms with van der Waals surface area (Å²) in [6, 6.07) is 4.14. The summed E-state index contributed by atoms with van der Waals surface area (Å²) in [6.07, 6.45) is 4.40. The Morgan fingerprint density at radius 3 is 3.00 bits per heavy atom. The van der Waals surface area contributed by atoms with Crippen LogP contribution in [0.15, 0.2) is 18.3 Å². The zero-order valence-electron chi connectivity index (χ0n) is 9.48. The van der Waals surface area contributed by atoms with Crippen molar-refractivity contribution in [3.8, 4) is 0 Å². The molecule has 0 radical (unpaired) electrons. The van der Waals surface area contributed by atoms with Gasteiger partial charge in [0, 0.05) is 23.9 Å². The predicted molar refractivity (Wildman–Crippen MR) is 62.6 cm³/mol. The van der Waals surface area contributed by atoms with Gasteiger partial charge in [0.25, 0.3) is 0 Å². The van der Waals surface area contributed by atoms with Crippen molar-refractivity contribution in [3.63, 3.8) is 0 Å². The van der Waals surface area contributed by atoms with Gasteiger partial charge in [0.15, 0.2) is 5.65 Å². The van der Waals surface area contributed by atoms with E-state index in [0.29, 0.717) is 5.92 Å². The van der Waals surface area contributed by atoms with Gasteiger partial charge in [-0.3, -0.25) is 0 Å². The molecule has 0 bridgehead atoms. The first-order chi connectivity index (χ1) is 7.83. The van der Waals surface area contributed by atoms with Gasteiger partial charge in [0.2, 0.25) is 0 Å². The van der Waals surface area contributed by atoms with Gasteiger partial charge in [-0.25, -0.2) is 9.50 Å². The molecule has 1 fully saturated rings. The highest BCUT2D eigenvalue weighted by atomic mass is 15.2. The van der Waals surface area contributed by atoms with E-state index in [-0.39, 0.29) is 0 Å². The monoisotopic (exact) mass is 216 g/mol. The lowest BCUT2D eigenvalue weighted by Crippen LogP contribution is -2.27. The minimum atomic E-state index is 0.612. The second-order valence-corrected chi connectivity index (χ2v) is 4.47. The van der Waals surface area contributed by atoms with E-state index in [1.54, 1.807) is 0 Å².